The van der Waals surface area contributed by atoms with E-state index in [0.29, 0.717) is 13.0 Å². The Kier molecular flexibility index (Phi) is 3.26. The van der Waals surface area contributed by atoms with Crippen molar-refractivity contribution in [3.05, 3.63) is 0 Å². The molecule has 4 nitrogen and oxygen atoms in total. The van der Waals surface area contributed by atoms with Crippen molar-refractivity contribution >= 4 is 5.91 Å². The maximum atomic E-state index is 11.7. The van der Waals surface area contributed by atoms with Crippen LogP contribution in [0.15, 0.2) is 0 Å². The summed E-state index contributed by atoms with van der Waals surface area (Å²) >= 11 is 0. The molecule has 15 heavy (non-hydrogen) atoms. The third kappa shape index (κ3) is 2.92. The molecule has 0 bridgehead atoms. The SMILES string of the molecule is NCC1(NC(=O)CC2CCCCO2)CC1. The Morgan fingerprint density at radius 3 is 2.80 bits per heavy atom. The first-order valence-electron chi connectivity index (χ1n) is 5.87. The van der Waals surface area contributed by atoms with Gasteiger partial charge in [-0.1, -0.05) is 0 Å². The monoisotopic (exact) mass is 212 g/mol. The number of hydrogen-bond donors (Lipinski definition) is 2. The molecule has 1 aliphatic heterocycles. The van der Waals surface area contributed by atoms with E-state index in [1.165, 1.54) is 6.42 Å². The summed E-state index contributed by atoms with van der Waals surface area (Å²) < 4.78 is 5.53. The topological polar surface area (TPSA) is 64.3 Å². The van der Waals surface area contributed by atoms with E-state index in [9.17, 15) is 4.79 Å². The number of nitrogens with two attached hydrogens (primary N) is 1. The van der Waals surface area contributed by atoms with Gasteiger partial charge in [-0.05, 0) is 32.1 Å². The predicted molar refractivity (Wildman–Crippen MR) is 57.4 cm³/mol. The van der Waals surface area contributed by atoms with Crippen molar-refractivity contribution in [2.45, 2.75) is 50.2 Å². The molecule has 0 aromatic carbocycles. The molecule has 1 heterocycles. The van der Waals surface area contributed by atoms with E-state index in [1.54, 1.807) is 0 Å². The lowest BCUT2D eigenvalue weighted by atomic mass is 10.1. The number of nitrogens with one attached hydrogen (secondary N) is 1. The van der Waals surface area contributed by atoms with Gasteiger partial charge in [0.05, 0.1) is 18.1 Å². The molecule has 86 valence electrons. The largest absolute Gasteiger partial charge is 0.378 e. The van der Waals surface area contributed by atoms with E-state index in [2.05, 4.69) is 5.32 Å². The summed E-state index contributed by atoms with van der Waals surface area (Å²) in [6.07, 6.45) is 6.02. The smallest absolute Gasteiger partial charge is 0.223 e. The predicted octanol–water partition coefficient (Wildman–Crippen LogP) is 0.553. The summed E-state index contributed by atoms with van der Waals surface area (Å²) in [5.74, 6) is 0.102. The summed E-state index contributed by atoms with van der Waals surface area (Å²) in [6.45, 7) is 1.37. The van der Waals surface area contributed by atoms with Crippen LogP contribution < -0.4 is 11.1 Å². The van der Waals surface area contributed by atoms with Gasteiger partial charge in [0, 0.05) is 13.2 Å². The van der Waals surface area contributed by atoms with E-state index in [4.69, 9.17) is 10.5 Å². The number of ether oxygens (including phenoxy) is 1. The Bertz CT molecular complexity index is 233. The zero-order valence-corrected chi connectivity index (χ0v) is 9.13. The average Bonchev–Trinajstić information content (AvgIpc) is 3.00. The Morgan fingerprint density at radius 2 is 2.27 bits per heavy atom. The van der Waals surface area contributed by atoms with Crippen molar-refractivity contribution in [3.8, 4) is 0 Å². The van der Waals surface area contributed by atoms with Gasteiger partial charge in [0.1, 0.15) is 0 Å². The highest BCUT2D eigenvalue weighted by Crippen LogP contribution is 2.34. The van der Waals surface area contributed by atoms with Crippen LogP contribution in [-0.4, -0.2) is 30.7 Å². The van der Waals surface area contributed by atoms with Gasteiger partial charge in [-0.15, -0.1) is 0 Å². The standard InChI is InChI=1S/C11H20N2O2/c12-8-11(4-5-11)13-10(14)7-9-3-1-2-6-15-9/h9H,1-8,12H2,(H,13,14). The molecule has 0 radical (unpaired) electrons. The quantitative estimate of drug-likeness (QED) is 0.715. The molecule has 1 unspecified atom stereocenters. The molecule has 2 fully saturated rings. The lowest BCUT2D eigenvalue weighted by Gasteiger charge is -2.23. The molecule has 3 N–H and O–H groups in total. The van der Waals surface area contributed by atoms with Gasteiger partial charge in [-0.2, -0.15) is 0 Å². The summed E-state index contributed by atoms with van der Waals surface area (Å²) in [5.41, 5.74) is 5.54. The number of hydrogen-bond acceptors (Lipinski definition) is 3. The highest BCUT2D eigenvalue weighted by molar-refractivity contribution is 5.77. The van der Waals surface area contributed by atoms with Gasteiger partial charge in [-0.25, -0.2) is 0 Å². The van der Waals surface area contributed by atoms with Crippen molar-refractivity contribution in [1.82, 2.24) is 5.32 Å². The highest BCUT2D eigenvalue weighted by Gasteiger charge is 2.42. The first-order valence-corrected chi connectivity index (χ1v) is 5.87. The Morgan fingerprint density at radius 1 is 1.47 bits per heavy atom. The maximum absolute atomic E-state index is 11.7. The van der Waals surface area contributed by atoms with Crippen LogP contribution in [0.4, 0.5) is 0 Å². The summed E-state index contributed by atoms with van der Waals surface area (Å²) in [5, 5.41) is 3.02. The zero-order valence-electron chi connectivity index (χ0n) is 9.13. The number of amides is 1. The molecule has 4 heteroatoms. The number of carbonyl (C=O) groups excluding carboxylic acids is 1. The minimum Gasteiger partial charge on any atom is -0.378 e. The molecule has 0 spiro atoms. The fourth-order valence-corrected chi connectivity index (χ4v) is 2.05. The second-order valence-electron chi connectivity index (χ2n) is 4.73. The lowest BCUT2D eigenvalue weighted by Crippen LogP contribution is -2.43. The first kappa shape index (κ1) is 10.9. The van der Waals surface area contributed by atoms with Crippen LogP contribution in [0.1, 0.15) is 38.5 Å². The molecule has 1 saturated heterocycles. The van der Waals surface area contributed by atoms with Crippen molar-refractivity contribution in [2.75, 3.05) is 13.2 Å². The molecule has 1 atom stereocenters. The molecule has 0 aromatic rings. The van der Waals surface area contributed by atoms with Gasteiger partial charge in [-0.3, -0.25) is 4.79 Å². The normalized spacial score (nSPS) is 28.5. The van der Waals surface area contributed by atoms with E-state index in [0.717, 1.165) is 32.3 Å². The maximum Gasteiger partial charge on any atom is 0.223 e. The minimum atomic E-state index is -0.0637. The second kappa shape index (κ2) is 4.49. The van der Waals surface area contributed by atoms with Crippen LogP contribution in [0.3, 0.4) is 0 Å². The number of rotatable bonds is 4. The second-order valence-corrected chi connectivity index (χ2v) is 4.73. The molecule has 1 amide bonds. The van der Waals surface area contributed by atoms with E-state index >= 15 is 0 Å². The zero-order chi connectivity index (χ0) is 10.7. The van der Waals surface area contributed by atoms with Gasteiger partial charge in [0.15, 0.2) is 0 Å². The fraction of sp³-hybridized carbons (Fsp3) is 0.909. The fourth-order valence-electron chi connectivity index (χ4n) is 2.05. The molecule has 0 aromatic heterocycles. The van der Waals surface area contributed by atoms with Crippen LogP contribution >= 0.6 is 0 Å². The summed E-state index contributed by atoms with van der Waals surface area (Å²) in [7, 11) is 0. The van der Waals surface area contributed by atoms with Crippen molar-refractivity contribution in [2.24, 2.45) is 5.73 Å². The Labute approximate surface area is 90.5 Å². The van der Waals surface area contributed by atoms with Crippen LogP contribution in [0.25, 0.3) is 0 Å². The van der Waals surface area contributed by atoms with E-state index < -0.39 is 0 Å². The van der Waals surface area contributed by atoms with Crippen molar-refractivity contribution < 1.29 is 9.53 Å². The van der Waals surface area contributed by atoms with Crippen LogP contribution in [0, 0.1) is 0 Å². The number of carbonyl (C=O) groups is 1. The summed E-state index contributed by atoms with van der Waals surface area (Å²) in [6, 6.07) is 0. The molecular formula is C11H20N2O2. The minimum absolute atomic E-state index is 0.0637. The molecule has 2 rings (SSSR count). The van der Waals surface area contributed by atoms with Crippen molar-refractivity contribution in [1.29, 1.82) is 0 Å². The highest BCUT2D eigenvalue weighted by atomic mass is 16.5. The third-order valence-electron chi connectivity index (χ3n) is 3.34. The Hall–Kier alpha value is -0.610. The molecule has 1 saturated carbocycles. The van der Waals surface area contributed by atoms with Gasteiger partial charge in [0.25, 0.3) is 0 Å². The van der Waals surface area contributed by atoms with Gasteiger partial charge >= 0.3 is 0 Å². The molecule has 2 aliphatic rings. The lowest BCUT2D eigenvalue weighted by molar-refractivity contribution is -0.125. The van der Waals surface area contributed by atoms with Gasteiger partial charge < -0.3 is 15.8 Å². The molecule has 1 aliphatic carbocycles. The van der Waals surface area contributed by atoms with Crippen molar-refractivity contribution in [3.63, 3.8) is 0 Å². The van der Waals surface area contributed by atoms with E-state index in [-0.39, 0.29) is 17.6 Å². The first-order chi connectivity index (χ1) is 7.24. The van der Waals surface area contributed by atoms with Crippen LogP contribution in [0.2, 0.25) is 0 Å². The summed E-state index contributed by atoms with van der Waals surface area (Å²) in [4.78, 5) is 11.7. The van der Waals surface area contributed by atoms with Crippen LogP contribution in [0.5, 0.6) is 0 Å². The Balaban J connectivity index is 1.72. The third-order valence-corrected chi connectivity index (χ3v) is 3.34. The average molecular weight is 212 g/mol. The molecular weight excluding hydrogens is 192 g/mol. The van der Waals surface area contributed by atoms with E-state index in [1.807, 2.05) is 0 Å². The van der Waals surface area contributed by atoms with Gasteiger partial charge in [0.2, 0.25) is 5.91 Å². The van der Waals surface area contributed by atoms with Crippen LogP contribution in [-0.2, 0) is 9.53 Å².